The van der Waals surface area contributed by atoms with Crippen LogP contribution in [0.25, 0.3) is 11.0 Å². The predicted octanol–water partition coefficient (Wildman–Crippen LogP) is 2.76. The van der Waals surface area contributed by atoms with Crippen LogP contribution in [0.5, 0.6) is 0 Å². The number of benzene rings is 2. The van der Waals surface area contributed by atoms with E-state index in [4.69, 9.17) is 4.42 Å². The van der Waals surface area contributed by atoms with Crippen molar-refractivity contribution in [2.75, 3.05) is 11.5 Å². The SMILES string of the molecule is O=C(c1cc2ccccc2oc1=O)N(Cc1cccc(F)c1)C1CCS(=O)(=O)C1. The highest BCUT2D eigenvalue weighted by Crippen LogP contribution is 2.23. The fourth-order valence-corrected chi connectivity index (χ4v) is 5.32. The molecule has 0 spiro atoms. The Morgan fingerprint density at radius 2 is 1.93 bits per heavy atom. The van der Waals surface area contributed by atoms with Crippen molar-refractivity contribution in [2.24, 2.45) is 0 Å². The van der Waals surface area contributed by atoms with Crippen LogP contribution in [-0.4, -0.2) is 36.8 Å². The molecular weight excluding hydrogens is 397 g/mol. The highest BCUT2D eigenvalue weighted by molar-refractivity contribution is 7.91. The van der Waals surface area contributed by atoms with E-state index in [9.17, 15) is 22.4 Å². The Labute approximate surface area is 166 Å². The first-order valence-corrected chi connectivity index (χ1v) is 10.9. The molecule has 1 aromatic heterocycles. The van der Waals surface area contributed by atoms with Crippen molar-refractivity contribution in [1.29, 1.82) is 0 Å². The van der Waals surface area contributed by atoms with Gasteiger partial charge in [0.1, 0.15) is 17.0 Å². The Kier molecular flexibility index (Phi) is 4.96. The molecule has 0 N–H and O–H groups in total. The molecule has 8 heteroatoms. The van der Waals surface area contributed by atoms with E-state index in [0.29, 0.717) is 16.5 Å². The highest BCUT2D eigenvalue weighted by Gasteiger charge is 2.36. The van der Waals surface area contributed by atoms with Crippen LogP contribution in [0.4, 0.5) is 4.39 Å². The van der Waals surface area contributed by atoms with Crippen LogP contribution in [-0.2, 0) is 16.4 Å². The van der Waals surface area contributed by atoms with Gasteiger partial charge in [-0.3, -0.25) is 4.79 Å². The fraction of sp³-hybridized carbons (Fsp3) is 0.238. The van der Waals surface area contributed by atoms with E-state index in [1.165, 1.54) is 29.2 Å². The molecular formula is C21H18FNO5S. The summed E-state index contributed by atoms with van der Waals surface area (Å²) >= 11 is 0. The minimum absolute atomic E-state index is 0.0109. The molecule has 0 radical (unpaired) electrons. The fourth-order valence-electron chi connectivity index (χ4n) is 3.59. The number of carbonyl (C=O) groups is 1. The van der Waals surface area contributed by atoms with Gasteiger partial charge in [-0.15, -0.1) is 0 Å². The maximum Gasteiger partial charge on any atom is 0.349 e. The molecule has 2 aromatic carbocycles. The maximum atomic E-state index is 13.6. The van der Waals surface area contributed by atoms with Crippen LogP contribution in [0, 0.1) is 5.82 Å². The molecule has 1 unspecified atom stereocenters. The molecule has 0 bridgehead atoms. The molecule has 1 amide bonds. The Hall–Kier alpha value is -3.00. The number of amides is 1. The lowest BCUT2D eigenvalue weighted by Gasteiger charge is -2.28. The number of nitrogens with zero attached hydrogens (tertiary/aromatic N) is 1. The molecule has 1 atom stereocenters. The van der Waals surface area contributed by atoms with Crippen molar-refractivity contribution in [3.8, 4) is 0 Å². The van der Waals surface area contributed by atoms with E-state index in [1.54, 1.807) is 30.3 Å². The molecule has 29 heavy (non-hydrogen) atoms. The molecule has 0 saturated carbocycles. The third-order valence-electron chi connectivity index (χ3n) is 5.02. The molecule has 0 aliphatic carbocycles. The smallest absolute Gasteiger partial charge is 0.349 e. The topological polar surface area (TPSA) is 84.7 Å². The summed E-state index contributed by atoms with van der Waals surface area (Å²) < 4.78 is 42.8. The third kappa shape index (κ3) is 4.07. The van der Waals surface area contributed by atoms with Gasteiger partial charge in [0.2, 0.25) is 0 Å². The number of halogens is 1. The Morgan fingerprint density at radius 1 is 1.14 bits per heavy atom. The van der Waals surface area contributed by atoms with E-state index in [0.717, 1.165) is 0 Å². The quantitative estimate of drug-likeness (QED) is 0.612. The summed E-state index contributed by atoms with van der Waals surface area (Å²) in [7, 11) is -3.27. The number of hydrogen-bond acceptors (Lipinski definition) is 5. The summed E-state index contributed by atoms with van der Waals surface area (Å²) in [5.74, 6) is -1.31. The normalized spacial score (nSPS) is 18.0. The Bertz CT molecular complexity index is 1250. The van der Waals surface area contributed by atoms with Crippen molar-refractivity contribution < 1.29 is 22.0 Å². The standard InChI is InChI=1S/C21H18FNO5S/c22-16-6-3-4-14(10-16)12-23(17-8-9-29(26,27)13-17)20(24)18-11-15-5-1-2-7-19(15)28-21(18)25/h1-7,10-11,17H,8-9,12-13H2. The van der Waals surface area contributed by atoms with Crippen molar-refractivity contribution >= 4 is 26.7 Å². The molecule has 1 saturated heterocycles. The van der Waals surface area contributed by atoms with E-state index < -0.39 is 33.2 Å². The first kappa shape index (κ1) is 19.3. The summed E-state index contributed by atoms with van der Waals surface area (Å²) in [5.41, 5.74) is -0.106. The second-order valence-electron chi connectivity index (χ2n) is 7.11. The van der Waals surface area contributed by atoms with Crippen LogP contribution in [0.3, 0.4) is 0 Å². The molecule has 1 aliphatic heterocycles. The Morgan fingerprint density at radius 3 is 2.66 bits per heavy atom. The van der Waals surface area contributed by atoms with Gasteiger partial charge in [-0.2, -0.15) is 0 Å². The van der Waals surface area contributed by atoms with Gasteiger partial charge in [-0.05, 0) is 36.2 Å². The Balaban J connectivity index is 1.75. The first-order valence-electron chi connectivity index (χ1n) is 9.11. The first-order chi connectivity index (χ1) is 13.8. The number of fused-ring (bicyclic) bond motifs is 1. The van der Waals surface area contributed by atoms with Gasteiger partial charge in [-0.1, -0.05) is 30.3 Å². The molecule has 150 valence electrons. The predicted molar refractivity (Wildman–Crippen MR) is 106 cm³/mol. The second-order valence-corrected chi connectivity index (χ2v) is 9.33. The minimum atomic E-state index is -3.27. The van der Waals surface area contributed by atoms with Gasteiger partial charge >= 0.3 is 5.63 Å². The summed E-state index contributed by atoms with van der Waals surface area (Å²) in [4.78, 5) is 27.0. The lowest BCUT2D eigenvalue weighted by atomic mass is 10.1. The number of para-hydroxylation sites is 1. The van der Waals surface area contributed by atoms with E-state index in [1.807, 2.05) is 0 Å². The number of rotatable bonds is 4. The molecule has 3 aromatic rings. The molecule has 1 aliphatic rings. The number of hydrogen-bond donors (Lipinski definition) is 0. The number of sulfone groups is 1. The van der Waals surface area contributed by atoms with Crippen LogP contribution in [0.15, 0.2) is 63.8 Å². The lowest BCUT2D eigenvalue weighted by Crippen LogP contribution is -2.42. The van der Waals surface area contributed by atoms with Crippen LogP contribution in [0.1, 0.15) is 22.3 Å². The van der Waals surface area contributed by atoms with Crippen LogP contribution >= 0.6 is 0 Å². The molecule has 6 nitrogen and oxygen atoms in total. The maximum absolute atomic E-state index is 13.6. The lowest BCUT2D eigenvalue weighted by molar-refractivity contribution is 0.0676. The molecule has 1 fully saturated rings. The van der Waals surface area contributed by atoms with Crippen LogP contribution < -0.4 is 5.63 Å². The zero-order chi connectivity index (χ0) is 20.6. The van der Waals surface area contributed by atoms with Crippen molar-refractivity contribution in [1.82, 2.24) is 4.90 Å². The summed E-state index contributed by atoms with van der Waals surface area (Å²) in [6.07, 6.45) is 0.266. The van der Waals surface area contributed by atoms with Gasteiger partial charge in [0.15, 0.2) is 9.84 Å². The monoisotopic (exact) mass is 415 g/mol. The van der Waals surface area contributed by atoms with Gasteiger partial charge < -0.3 is 9.32 Å². The average molecular weight is 415 g/mol. The van der Waals surface area contributed by atoms with E-state index >= 15 is 0 Å². The van der Waals surface area contributed by atoms with Gasteiger partial charge in [0.25, 0.3) is 5.91 Å². The van der Waals surface area contributed by atoms with Crippen molar-refractivity contribution in [3.05, 3.63) is 82.0 Å². The summed E-state index contributed by atoms with van der Waals surface area (Å²) in [6.45, 7) is -0.0109. The van der Waals surface area contributed by atoms with Gasteiger partial charge in [0, 0.05) is 18.0 Å². The molecule has 2 heterocycles. The minimum Gasteiger partial charge on any atom is -0.422 e. The number of carbonyl (C=O) groups excluding carboxylic acids is 1. The second kappa shape index (κ2) is 7.44. The van der Waals surface area contributed by atoms with Crippen molar-refractivity contribution in [3.63, 3.8) is 0 Å². The zero-order valence-corrected chi connectivity index (χ0v) is 16.2. The largest absolute Gasteiger partial charge is 0.422 e. The molecule has 4 rings (SSSR count). The summed E-state index contributed by atoms with van der Waals surface area (Å²) in [6, 6.07) is 13.4. The highest BCUT2D eigenvalue weighted by atomic mass is 32.2. The van der Waals surface area contributed by atoms with Crippen LogP contribution in [0.2, 0.25) is 0 Å². The van der Waals surface area contributed by atoms with Gasteiger partial charge in [-0.25, -0.2) is 17.6 Å². The van der Waals surface area contributed by atoms with Crippen molar-refractivity contribution in [2.45, 2.75) is 19.0 Å². The van der Waals surface area contributed by atoms with E-state index in [-0.39, 0.29) is 30.0 Å². The van der Waals surface area contributed by atoms with Gasteiger partial charge in [0.05, 0.1) is 11.5 Å². The average Bonchev–Trinajstić information content (AvgIpc) is 3.04. The summed E-state index contributed by atoms with van der Waals surface area (Å²) in [5, 5.41) is 0.584. The third-order valence-corrected chi connectivity index (χ3v) is 6.77. The zero-order valence-electron chi connectivity index (χ0n) is 15.4. The van der Waals surface area contributed by atoms with E-state index in [2.05, 4.69) is 0 Å².